The van der Waals surface area contributed by atoms with Gasteiger partial charge in [0.25, 0.3) is 0 Å². The molecule has 172 valence electrons. The maximum absolute atomic E-state index is 14.1. The van der Waals surface area contributed by atoms with Crippen LogP contribution in [0.5, 0.6) is 0 Å². The van der Waals surface area contributed by atoms with Crippen LogP contribution in [0.25, 0.3) is 0 Å². The first-order chi connectivity index (χ1) is 14.4. The number of hydrogen-bond donors (Lipinski definition) is 2. The molecule has 4 heteroatoms. The van der Waals surface area contributed by atoms with Crippen molar-refractivity contribution in [3.8, 4) is 0 Å². The molecule has 1 unspecified atom stereocenters. The molecule has 3 aliphatic rings. The summed E-state index contributed by atoms with van der Waals surface area (Å²) in [4.78, 5) is 12.2. The number of aliphatic hydroxyl groups is 2. The molecule has 5 atom stereocenters. The molecule has 0 saturated heterocycles. The van der Waals surface area contributed by atoms with Crippen LogP contribution < -0.4 is 0 Å². The number of hydrogen-bond acceptors (Lipinski definition) is 3. The summed E-state index contributed by atoms with van der Waals surface area (Å²) in [7, 11) is 0. The van der Waals surface area contributed by atoms with Crippen molar-refractivity contribution >= 4 is 5.78 Å². The summed E-state index contributed by atoms with van der Waals surface area (Å²) >= 11 is 0. The number of carbonyl (C=O) groups is 1. The summed E-state index contributed by atoms with van der Waals surface area (Å²) in [5, 5.41) is 19.9. The fourth-order valence-electron chi connectivity index (χ4n) is 5.86. The highest BCUT2D eigenvalue weighted by molar-refractivity contribution is 5.86. The summed E-state index contributed by atoms with van der Waals surface area (Å²) in [6, 6.07) is 0. The number of halogens is 1. The molecule has 2 saturated carbocycles. The molecule has 2 N–H and O–H groups in total. The van der Waals surface area contributed by atoms with Crippen LogP contribution in [-0.4, -0.2) is 33.9 Å². The molecular weight excluding hydrogens is 391 g/mol. The van der Waals surface area contributed by atoms with E-state index in [0.717, 1.165) is 37.7 Å². The van der Waals surface area contributed by atoms with Gasteiger partial charge in [-0.2, -0.15) is 0 Å². The van der Waals surface area contributed by atoms with E-state index >= 15 is 0 Å². The van der Waals surface area contributed by atoms with E-state index in [-0.39, 0.29) is 17.6 Å². The molecule has 0 spiro atoms. The van der Waals surface area contributed by atoms with Crippen molar-refractivity contribution in [3.63, 3.8) is 0 Å². The molecule has 0 bridgehead atoms. The van der Waals surface area contributed by atoms with Crippen molar-refractivity contribution in [3.05, 3.63) is 47.1 Å². The van der Waals surface area contributed by atoms with Crippen molar-refractivity contribution in [1.82, 2.24) is 0 Å². The van der Waals surface area contributed by atoms with E-state index in [0.29, 0.717) is 30.3 Å². The minimum Gasteiger partial charge on any atom is -0.393 e. The van der Waals surface area contributed by atoms with E-state index in [1.54, 1.807) is 13.8 Å². The Morgan fingerprint density at radius 1 is 1.42 bits per heavy atom. The Balaban J connectivity index is 1.73. The van der Waals surface area contributed by atoms with Crippen LogP contribution in [0.1, 0.15) is 79.1 Å². The molecule has 3 rings (SSSR count). The first-order valence-electron chi connectivity index (χ1n) is 11.8. The first kappa shape index (κ1) is 24.1. The van der Waals surface area contributed by atoms with Crippen LogP contribution in [0.2, 0.25) is 0 Å². The van der Waals surface area contributed by atoms with Gasteiger partial charge in [0.05, 0.1) is 6.10 Å². The average molecular weight is 431 g/mol. The lowest BCUT2D eigenvalue weighted by Gasteiger charge is -2.42. The largest absolute Gasteiger partial charge is 0.393 e. The average Bonchev–Trinajstić information content (AvgIpc) is 3.04. The van der Waals surface area contributed by atoms with Gasteiger partial charge in [-0.3, -0.25) is 4.79 Å². The van der Waals surface area contributed by atoms with Crippen LogP contribution in [0.3, 0.4) is 0 Å². The summed E-state index contributed by atoms with van der Waals surface area (Å²) in [5.74, 6) is 0.639. The van der Waals surface area contributed by atoms with E-state index in [9.17, 15) is 19.4 Å². The minimum atomic E-state index is -1.26. The molecule has 0 heterocycles. The lowest BCUT2D eigenvalue weighted by atomic mass is 9.62. The fourth-order valence-corrected chi connectivity index (χ4v) is 5.86. The van der Waals surface area contributed by atoms with Crippen molar-refractivity contribution in [2.75, 3.05) is 0 Å². The number of fused-ring (bicyclic) bond motifs is 1. The standard InChI is InChI=1S/C27H39FO3/c1-17(8-13-25(30)26(3,4)31)22-11-12-23-19(7-6-14-27(22,23)5)9-10-20-15-21(29)16-24(28)18(20)2/h9-11,17,21,23-24,29,31H,2,6-8,12-16H2,1,3-5H3/b19-9+,20-10-/t17-,21-,23?,24+,27-/m1/s1. The zero-order valence-corrected chi connectivity index (χ0v) is 19.6. The van der Waals surface area contributed by atoms with Gasteiger partial charge in [0, 0.05) is 12.8 Å². The Labute approximate surface area is 186 Å². The van der Waals surface area contributed by atoms with Gasteiger partial charge in [-0.15, -0.1) is 0 Å². The number of ketones is 1. The smallest absolute Gasteiger partial charge is 0.163 e. The zero-order valence-electron chi connectivity index (χ0n) is 19.6. The second kappa shape index (κ2) is 9.15. The van der Waals surface area contributed by atoms with Gasteiger partial charge in [0.2, 0.25) is 0 Å². The number of Topliss-reactive ketones (excluding diaryl/α,β-unsaturated/α-hetero) is 1. The Kier molecular flexibility index (Phi) is 7.12. The Hall–Kier alpha value is -1.52. The highest BCUT2D eigenvalue weighted by Crippen LogP contribution is 2.57. The molecule has 3 aliphatic carbocycles. The van der Waals surface area contributed by atoms with Gasteiger partial charge in [-0.25, -0.2) is 4.39 Å². The zero-order chi connectivity index (χ0) is 23.0. The molecule has 3 nitrogen and oxygen atoms in total. The molecule has 31 heavy (non-hydrogen) atoms. The van der Waals surface area contributed by atoms with E-state index in [4.69, 9.17) is 0 Å². The van der Waals surface area contributed by atoms with E-state index in [1.807, 2.05) is 6.08 Å². The predicted octanol–water partition coefficient (Wildman–Crippen LogP) is 5.78. The number of aliphatic hydroxyl groups excluding tert-OH is 1. The summed E-state index contributed by atoms with van der Waals surface area (Å²) in [5.41, 5.74) is 3.01. The third-order valence-corrected chi connectivity index (χ3v) is 7.85. The highest BCUT2D eigenvalue weighted by atomic mass is 19.1. The molecular formula is C27H39FO3. The van der Waals surface area contributed by atoms with Crippen LogP contribution in [0.15, 0.2) is 47.1 Å². The highest BCUT2D eigenvalue weighted by Gasteiger charge is 2.46. The predicted molar refractivity (Wildman–Crippen MR) is 123 cm³/mol. The number of carbonyl (C=O) groups excluding carboxylic acids is 1. The van der Waals surface area contributed by atoms with Crippen LogP contribution in [0.4, 0.5) is 4.39 Å². The minimum absolute atomic E-state index is 0.0888. The molecule has 0 aliphatic heterocycles. The second-order valence-electron chi connectivity index (χ2n) is 10.7. The van der Waals surface area contributed by atoms with Crippen LogP contribution in [0, 0.1) is 17.3 Å². The van der Waals surface area contributed by atoms with E-state index in [1.165, 1.54) is 11.1 Å². The van der Waals surface area contributed by atoms with Gasteiger partial charge in [0.15, 0.2) is 5.78 Å². The maximum atomic E-state index is 14.1. The van der Waals surface area contributed by atoms with Crippen molar-refractivity contribution in [2.24, 2.45) is 17.3 Å². The number of rotatable bonds is 6. The Morgan fingerprint density at radius 2 is 2.13 bits per heavy atom. The van der Waals surface area contributed by atoms with Crippen LogP contribution >= 0.6 is 0 Å². The van der Waals surface area contributed by atoms with E-state index in [2.05, 4.69) is 32.6 Å². The summed E-state index contributed by atoms with van der Waals surface area (Å²) < 4.78 is 14.1. The Bertz CT molecular complexity index is 813. The summed E-state index contributed by atoms with van der Waals surface area (Å²) in [6.07, 6.45) is 10.8. The topological polar surface area (TPSA) is 57.5 Å². The third-order valence-electron chi connectivity index (χ3n) is 7.85. The van der Waals surface area contributed by atoms with E-state index < -0.39 is 17.9 Å². The van der Waals surface area contributed by atoms with Crippen molar-refractivity contribution < 1.29 is 19.4 Å². The fraction of sp³-hybridized carbons (Fsp3) is 0.667. The quantitative estimate of drug-likeness (QED) is 0.525. The molecule has 2 fully saturated rings. The molecule has 0 amide bonds. The molecule has 0 aromatic rings. The van der Waals surface area contributed by atoms with Gasteiger partial charge in [-0.05, 0) is 80.8 Å². The molecule has 0 radical (unpaired) electrons. The van der Waals surface area contributed by atoms with Gasteiger partial charge in [0.1, 0.15) is 11.8 Å². The lowest BCUT2D eigenvalue weighted by molar-refractivity contribution is -0.134. The maximum Gasteiger partial charge on any atom is 0.163 e. The van der Waals surface area contributed by atoms with Gasteiger partial charge in [-0.1, -0.05) is 49.8 Å². The number of alkyl halides is 1. The Morgan fingerprint density at radius 3 is 2.81 bits per heavy atom. The second-order valence-corrected chi connectivity index (χ2v) is 10.7. The lowest BCUT2D eigenvalue weighted by Crippen LogP contribution is -2.34. The number of allylic oxidation sites excluding steroid dienone is 6. The van der Waals surface area contributed by atoms with Crippen molar-refractivity contribution in [1.29, 1.82) is 0 Å². The first-order valence-corrected chi connectivity index (χ1v) is 11.8. The normalized spacial score (nSPS) is 35.3. The van der Waals surface area contributed by atoms with Gasteiger partial charge >= 0.3 is 0 Å². The third kappa shape index (κ3) is 5.12. The molecule has 0 aromatic heterocycles. The molecule has 0 aromatic carbocycles. The van der Waals surface area contributed by atoms with Crippen LogP contribution in [-0.2, 0) is 4.79 Å². The summed E-state index contributed by atoms with van der Waals surface area (Å²) in [6.45, 7) is 11.6. The monoisotopic (exact) mass is 430 g/mol. The SMILES string of the molecule is C=C1/C(=C\C=C2/CCC[C@]3(C)C([C@H](C)CCC(=O)C(C)(C)O)=CCC23)C[C@@H](O)C[C@@H]1F. The van der Waals surface area contributed by atoms with Crippen molar-refractivity contribution in [2.45, 2.75) is 96.9 Å². The van der Waals surface area contributed by atoms with Gasteiger partial charge < -0.3 is 10.2 Å².